The van der Waals surface area contributed by atoms with Crippen molar-refractivity contribution in [3.63, 3.8) is 0 Å². The van der Waals surface area contributed by atoms with Crippen LogP contribution in [0.25, 0.3) is 38.6 Å². The molecule has 60 heavy (non-hydrogen) atoms. The topological polar surface area (TPSA) is 72.2 Å². The van der Waals surface area contributed by atoms with Gasteiger partial charge in [-0.2, -0.15) is 0 Å². The Morgan fingerprint density at radius 3 is 1.95 bits per heavy atom. The molecule has 5 N–H and O–H groups in total. The summed E-state index contributed by atoms with van der Waals surface area (Å²) in [6.07, 6.45) is 13.1. The van der Waals surface area contributed by atoms with Crippen molar-refractivity contribution < 1.29 is 0 Å². The van der Waals surface area contributed by atoms with Crippen LogP contribution in [0.2, 0.25) is 0 Å². The van der Waals surface area contributed by atoms with Crippen molar-refractivity contribution in [1.29, 1.82) is 0 Å². The number of benzene rings is 6. The molecule has 1 aliphatic heterocycles. The lowest BCUT2D eigenvalue weighted by molar-refractivity contribution is 0.818. The SMILES string of the molecule is C=C1/C=C(c2ccc3c(c2)c2ccccc2n3-c2ccccc2)\C=C/N(C2=CC=C(CN)CC2)c2c(C)cc(C)cc21.CN.CNCc1ccccc1.Cc1ccccc1. The van der Waals surface area contributed by atoms with E-state index in [4.69, 9.17) is 5.73 Å². The van der Waals surface area contributed by atoms with E-state index in [-0.39, 0.29) is 0 Å². The van der Waals surface area contributed by atoms with Crippen LogP contribution in [0.1, 0.15) is 46.2 Å². The highest BCUT2D eigenvalue weighted by Gasteiger charge is 2.22. The lowest BCUT2D eigenvalue weighted by Crippen LogP contribution is -2.21. The van der Waals surface area contributed by atoms with E-state index >= 15 is 0 Å². The van der Waals surface area contributed by atoms with Crippen molar-refractivity contribution in [2.24, 2.45) is 11.5 Å². The van der Waals surface area contributed by atoms with Gasteiger partial charge in [0.25, 0.3) is 0 Å². The van der Waals surface area contributed by atoms with Gasteiger partial charge in [0.05, 0.1) is 16.7 Å². The number of rotatable bonds is 6. The Bertz CT molecular complexity index is 2640. The third-order valence-electron chi connectivity index (χ3n) is 10.7. The molecule has 7 aromatic rings. The number of hydrogen-bond acceptors (Lipinski definition) is 4. The van der Waals surface area contributed by atoms with Gasteiger partial charge in [-0.15, -0.1) is 0 Å². The van der Waals surface area contributed by atoms with Gasteiger partial charge < -0.3 is 26.3 Å². The van der Waals surface area contributed by atoms with Gasteiger partial charge in [0.15, 0.2) is 0 Å². The number of hydrogen-bond donors (Lipinski definition) is 3. The number of anilines is 1. The number of aryl methyl sites for hydroxylation is 3. The van der Waals surface area contributed by atoms with Crippen LogP contribution in [0.3, 0.4) is 0 Å². The molecular weight excluding hydrogens is 731 g/mol. The van der Waals surface area contributed by atoms with Gasteiger partial charge >= 0.3 is 0 Å². The summed E-state index contributed by atoms with van der Waals surface area (Å²) in [5, 5.41) is 5.58. The van der Waals surface area contributed by atoms with Crippen molar-refractivity contribution in [2.75, 3.05) is 25.5 Å². The third kappa shape index (κ3) is 10.2. The van der Waals surface area contributed by atoms with E-state index in [2.05, 4.69) is 188 Å². The van der Waals surface area contributed by atoms with E-state index in [1.807, 2.05) is 43.4 Å². The second-order valence-corrected chi connectivity index (χ2v) is 15.1. The van der Waals surface area contributed by atoms with Gasteiger partial charge in [-0.05, 0) is 130 Å². The molecule has 1 aromatic heterocycles. The summed E-state index contributed by atoms with van der Waals surface area (Å²) in [6, 6.07) is 51.3. The highest BCUT2D eigenvalue weighted by Crippen LogP contribution is 2.40. The second kappa shape index (κ2) is 21.0. The zero-order valence-electron chi connectivity index (χ0n) is 35.8. The van der Waals surface area contributed by atoms with Gasteiger partial charge in [0.2, 0.25) is 0 Å². The van der Waals surface area contributed by atoms with E-state index in [9.17, 15) is 0 Å². The fourth-order valence-electron chi connectivity index (χ4n) is 7.87. The fraction of sp³-hybridized carbons (Fsp3) is 0.164. The number of para-hydroxylation sites is 2. The van der Waals surface area contributed by atoms with Crippen LogP contribution in [-0.4, -0.2) is 25.2 Å². The summed E-state index contributed by atoms with van der Waals surface area (Å²) in [4.78, 5) is 2.37. The smallest absolute Gasteiger partial charge is 0.0559 e. The quantitative estimate of drug-likeness (QED) is 0.157. The van der Waals surface area contributed by atoms with Crippen molar-refractivity contribution >= 4 is 38.6 Å². The predicted molar refractivity (Wildman–Crippen MR) is 260 cm³/mol. The summed E-state index contributed by atoms with van der Waals surface area (Å²) in [6.45, 7) is 12.6. The molecule has 2 heterocycles. The minimum absolute atomic E-state index is 0.612. The van der Waals surface area contributed by atoms with E-state index in [0.29, 0.717) is 6.54 Å². The van der Waals surface area contributed by atoms with E-state index in [1.54, 1.807) is 0 Å². The number of fused-ring (bicyclic) bond motifs is 4. The molecule has 0 spiro atoms. The monoisotopic (exact) mass is 789 g/mol. The summed E-state index contributed by atoms with van der Waals surface area (Å²) in [5.41, 5.74) is 27.4. The Morgan fingerprint density at radius 2 is 1.32 bits per heavy atom. The molecule has 0 radical (unpaired) electrons. The highest BCUT2D eigenvalue weighted by molar-refractivity contribution is 6.10. The minimum atomic E-state index is 0.612. The number of nitrogens with two attached hydrogens (primary N) is 2. The van der Waals surface area contributed by atoms with E-state index < -0.39 is 0 Å². The van der Waals surface area contributed by atoms with E-state index in [0.717, 1.165) is 30.5 Å². The number of aromatic nitrogens is 1. The van der Waals surface area contributed by atoms with Gasteiger partial charge in [-0.25, -0.2) is 0 Å². The average molecular weight is 790 g/mol. The van der Waals surface area contributed by atoms with Crippen molar-refractivity contribution in [1.82, 2.24) is 9.88 Å². The fourth-order valence-corrected chi connectivity index (χ4v) is 7.87. The molecule has 0 fully saturated rings. The maximum absolute atomic E-state index is 5.95. The second-order valence-electron chi connectivity index (χ2n) is 15.1. The van der Waals surface area contributed by atoms with E-state index in [1.165, 1.54) is 84.9 Å². The molecule has 0 saturated carbocycles. The summed E-state index contributed by atoms with van der Waals surface area (Å²) >= 11 is 0. The third-order valence-corrected chi connectivity index (χ3v) is 10.7. The Kier molecular flexibility index (Phi) is 15.1. The van der Waals surface area contributed by atoms with Gasteiger partial charge in [-0.1, -0.05) is 139 Å². The lowest BCUT2D eigenvalue weighted by Gasteiger charge is -2.31. The van der Waals surface area contributed by atoms with Crippen LogP contribution < -0.4 is 21.7 Å². The molecular formula is C55H59N5. The molecule has 0 saturated heterocycles. The molecule has 5 heteroatoms. The van der Waals surface area contributed by atoms with Gasteiger partial charge in [-0.3, -0.25) is 0 Å². The Labute approximate surface area is 357 Å². The standard InChI is InChI=1S/C39H35N3.C8H11N.C7H8.CH5N/c1-26-21-28(3)39-35(22-26)27(2)23-31(19-20-41(39)32-16-13-29(25-40)14-17-32)30-15-18-38-36(24-30)34-11-7-8-12-37(34)42(38)33-9-5-4-6-10-33;1-9-7-8-5-3-2-4-6-8;1-7-5-3-2-4-6-7;1-2/h4-13,15-16,18-24H,2,14,17,25,40H2,1,3H3;2-6,9H,7H2,1H3;2-6H,1H3;2H2,1H3/b20-19-,31-23+;;;. The van der Waals surface area contributed by atoms with Crippen LogP contribution in [0.5, 0.6) is 0 Å². The zero-order chi connectivity index (χ0) is 42.4. The Balaban J connectivity index is 0.000000278. The molecule has 6 aromatic carbocycles. The van der Waals surface area contributed by atoms with Crippen LogP contribution in [0.4, 0.5) is 5.69 Å². The van der Waals surface area contributed by atoms with Crippen LogP contribution >= 0.6 is 0 Å². The number of nitrogens with one attached hydrogen (secondary N) is 1. The molecule has 2 aliphatic rings. The molecule has 0 unspecified atom stereocenters. The first kappa shape index (κ1) is 43.1. The zero-order valence-corrected chi connectivity index (χ0v) is 35.8. The van der Waals surface area contributed by atoms with Gasteiger partial charge in [0, 0.05) is 47.0 Å². The molecule has 9 rings (SSSR count). The molecule has 0 atom stereocenters. The normalized spacial score (nSPS) is 14.6. The van der Waals surface area contributed by atoms with Crippen molar-refractivity contribution in [2.45, 2.75) is 40.2 Å². The minimum Gasteiger partial charge on any atom is -0.333 e. The lowest BCUT2D eigenvalue weighted by atomic mass is 9.92. The maximum atomic E-state index is 5.95. The molecule has 5 nitrogen and oxygen atoms in total. The average Bonchev–Trinajstić information content (AvgIpc) is 3.62. The summed E-state index contributed by atoms with van der Waals surface area (Å²) < 4.78 is 2.36. The first-order chi connectivity index (χ1) is 29.3. The Hall–Kier alpha value is -6.50. The van der Waals surface area contributed by atoms with Crippen LogP contribution in [0, 0.1) is 20.8 Å². The first-order valence-corrected chi connectivity index (χ1v) is 20.8. The predicted octanol–water partition coefficient (Wildman–Crippen LogP) is 12.4. The van der Waals surface area contributed by atoms with Crippen LogP contribution in [-0.2, 0) is 6.54 Å². The van der Waals surface area contributed by atoms with Crippen molar-refractivity contribution in [3.8, 4) is 5.69 Å². The molecule has 1 aliphatic carbocycles. The largest absolute Gasteiger partial charge is 0.333 e. The number of nitrogens with zero attached hydrogens (tertiary/aromatic N) is 2. The summed E-state index contributed by atoms with van der Waals surface area (Å²) in [5.74, 6) is 0. The molecule has 0 amide bonds. The first-order valence-electron chi connectivity index (χ1n) is 20.8. The molecule has 0 bridgehead atoms. The van der Waals surface area contributed by atoms with Gasteiger partial charge in [0.1, 0.15) is 0 Å². The maximum Gasteiger partial charge on any atom is 0.0559 e. The van der Waals surface area contributed by atoms with Crippen LogP contribution in [0.15, 0.2) is 194 Å². The molecule has 304 valence electrons. The van der Waals surface area contributed by atoms with Crippen molar-refractivity contribution in [3.05, 3.63) is 227 Å². The Morgan fingerprint density at radius 1 is 0.667 bits per heavy atom. The highest BCUT2D eigenvalue weighted by atomic mass is 15.1. The summed E-state index contributed by atoms with van der Waals surface area (Å²) in [7, 11) is 3.45. The number of allylic oxidation sites excluding steroid dienone is 7.